The highest BCUT2D eigenvalue weighted by Gasteiger charge is 2.35. The lowest BCUT2D eigenvalue weighted by molar-refractivity contribution is -0.138. The fourth-order valence-electron chi connectivity index (χ4n) is 2.96. The summed E-state index contributed by atoms with van der Waals surface area (Å²) >= 11 is 0. The Labute approximate surface area is 205 Å². The number of nitrogens with two attached hydrogens (primary N) is 1. The lowest BCUT2D eigenvalue weighted by atomic mass is 10.1. The molecule has 0 aliphatic carbocycles. The summed E-state index contributed by atoms with van der Waals surface area (Å²) in [7, 11) is 4.18. The lowest BCUT2D eigenvalue weighted by Crippen LogP contribution is -2.49. The number of hydrogen-bond acceptors (Lipinski definition) is 7. The molecule has 0 saturated carbocycles. The number of carbonyl (C=O) groups excluding carboxylic acids is 2. The maximum Gasteiger partial charge on any atom is 0.420 e. The fraction of sp³-hybridized carbons (Fsp3) is 0.292. The zero-order valence-electron chi connectivity index (χ0n) is 20.1. The molecule has 0 radical (unpaired) electrons. The first-order valence-corrected chi connectivity index (χ1v) is 10.5. The van der Waals surface area contributed by atoms with Crippen molar-refractivity contribution >= 4 is 17.7 Å². The van der Waals surface area contributed by atoms with Crippen LogP contribution < -0.4 is 25.5 Å². The molecule has 0 aliphatic rings. The van der Waals surface area contributed by atoms with Crippen LogP contribution in [0, 0.1) is 0 Å². The predicted octanol–water partition coefficient (Wildman–Crippen LogP) is 2.32. The Balaban J connectivity index is 2.49. The van der Waals surface area contributed by atoms with Crippen molar-refractivity contribution in [3.63, 3.8) is 0 Å². The Morgan fingerprint density at radius 1 is 1.08 bits per heavy atom. The number of halogens is 3. The van der Waals surface area contributed by atoms with Crippen molar-refractivity contribution in [1.29, 1.82) is 0 Å². The number of nitrogens with one attached hydrogen (secondary N) is 2. The third-order valence-electron chi connectivity index (χ3n) is 4.50. The number of esters is 1. The average Bonchev–Trinajstić information content (AvgIpc) is 2.81. The summed E-state index contributed by atoms with van der Waals surface area (Å²) in [5, 5.41) is 10.9. The van der Waals surface area contributed by atoms with Gasteiger partial charge in [0.15, 0.2) is 0 Å². The Bertz CT molecular complexity index is 1130. The summed E-state index contributed by atoms with van der Waals surface area (Å²) in [4.78, 5) is 24.4. The number of methoxy groups -OCH3 is 2. The number of hydrogen-bond donors (Lipinski definition) is 3. The van der Waals surface area contributed by atoms with Gasteiger partial charge in [-0.05, 0) is 37.3 Å². The van der Waals surface area contributed by atoms with Crippen LogP contribution in [-0.2, 0) is 15.7 Å². The molecule has 36 heavy (non-hydrogen) atoms. The summed E-state index contributed by atoms with van der Waals surface area (Å²) in [6.07, 6.45) is -2.38. The van der Waals surface area contributed by atoms with Gasteiger partial charge in [0, 0.05) is 32.5 Å². The molecule has 2 aromatic rings. The molecule has 1 atom stereocenters. The maximum absolute atomic E-state index is 13.7. The molecule has 4 N–H and O–H groups in total. The van der Waals surface area contributed by atoms with Gasteiger partial charge in [0.25, 0.3) is 5.84 Å². The fourth-order valence-corrected chi connectivity index (χ4v) is 2.96. The van der Waals surface area contributed by atoms with Crippen LogP contribution in [0.4, 0.5) is 13.2 Å². The third kappa shape index (κ3) is 8.01. The van der Waals surface area contributed by atoms with Gasteiger partial charge in [0.1, 0.15) is 23.4 Å². The first kappa shape index (κ1) is 28.2. The van der Waals surface area contributed by atoms with E-state index in [1.165, 1.54) is 37.6 Å². The topological polar surface area (TPSA) is 121 Å². The van der Waals surface area contributed by atoms with E-state index >= 15 is 0 Å². The molecule has 2 aromatic carbocycles. The Kier molecular flexibility index (Phi) is 9.85. The highest BCUT2D eigenvalue weighted by atomic mass is 19.4. The molecule has 2 rings (SSSR count). The first-order chi connectivity index (χ1) is 17.0. The third-order valence-corrected chi connectivity index (χ3v) is 4.50. The van der Waals surface area contributed by atoms with E-state index in [1.807, 2.05) is 0 Å². The van der Waals surface area contributed by atoms with Gasteiger partial charge < -0.3 is 24.3 Å². The quantitative estimate of drug-likeness (QED) is 0.255. The SMILES string of the molecule is CN/C=C\C(=[NH2+])NC(=O)c1cc(Oc2ccc(C(=O)OC)cc2C(F)(F)F)cc(O[C@@H](C)COC)c1. The van der Waals surface area contributed by atoms with E-state index in [0.29, 0.717) is 6.07 Å². The van der Waals surface area contributed by atoms with E-state index < -0.39 is 35.5 Å². The maximum atomic E-state index is 13.7. The smallest absolute Gasteiger partial charge is 0.420 e. The van der Waals surface area contributed by atoms with Gasteiger partial charge >= 0.3 is 18.1 Å². The molecule has 0 unspecified atom stereocenters. The van der Waals surface area contributed by atoms with Crippen LogP contribution in [0.15, 0.2) is 48.7 Å². The number of benzene rings is 2. The van der Waals surface area contributed by atoms with Crippen molar-refractivity contribution in [3.8, 4) is 17.2 Å². The van der Waals surface area contributed by atoms with Crippen LogP contribution in [0.3, 0.4) is 0 Å². The minimum Gasteiger partial charge on any atom is -0.488 e. The van der Waals surface area contributed by atoms with Crippen molar-refractivity contribution in [2.24, 2.45) is 0 Å². The number of ether oxygens (including phenoxy) is 4. The van der Waals surface area contributed by atoms with Crippen molar-refractivity contribution in [2.75, 3.05) is 27.9 Å². The van der Waals surface area contributed by atoms with E-state index in [0.717, 1.165) is 19.2 Å². The summed E-state index contributed by atoms with van der Waals surface area (Å²) in [5.74, 6) is -2.13. The van der Waals surface area contributed by atoms with Crippen molar-refractivity contribution in [1.82, 2.24) is 10.6 Å². The first-order valence-electron chi connectivity index (χ1n) is 10.5. The monoisotopic (exact) mass is 510 g/mol. The van der Waals surface area contributed by atoms with Gasteiger partial charge in [-0.2, -0.15) is 13.2 Å². The van der Waals surface area contributed by atoms with Crippen molar-refractivity contribution < 1.29 is 47.1 Å². The van der Waals surface area contributed by atoms with Gasteiger partial charge in [-0.15, -0.1) is 0 Å². The van der Waals surface area contributed by atoms with E-state index in [4.69, 9.17) is 19.6 Å². The molecule has 0 saturated heterocycles. The molecule has 0 aliphatic heterocycles. The molecule has 0 heterocycles. The van der Waals surface area contributed by atoms with Crippen LogP contribution in [0.2, 0.25) is 0 Å². The zero-order chi connectivity index (χ0) is 26.9. The van der Waals surface area contributed by atoms with Crippen LogP contribution in [0.5, 0.6) is 17.2 Å². The van der Waals surface area contributed by atoms with Crippen LogP contribution >= 0.6 is 0 Å². The number of carbonyl (C=O) groups is 2. The molecule has 12 heteroatoms. The van der Waals surface area contributed by atoms with E-state index in [9.17, 15) is 22.8 Å². The van der Waals surface area contributed by atoms with Crippen LogP contribution in [-0.4, -0.2) is 51.7 Å². The second-order valence-electron chi connectivity index (χ2n) is 7.41. The Hall–Kier alpha value is -4.06. The zero-order valence-corrected chi connectivity index (χ0v) is 20.1. The van der Waals surface area contributed by atoms with E-state index in [1.54, 1.807) is 14.0 Å². The van der Waals surface area contributed by atoms with Crippen LogP contribution in [0.25, 0.3) is 0 Å². The van der Waals surface area contributed by atoms with Gasteiger partial charge in [0.05, 0.1) is 30.4 Å². The number of rotatable bonds is 10. The van der Waals surface area contributed by atoms with E-state index in [-0.39, 0.29) is 35.1 Å². The van der Waals surface area contributed by atoms with Gasteiger partial charge in [-0.1, -0.05) is 0 Å². The Morgan fingerprint density at radius 3 is 2.39 bits per heavy atom. The minimum atomic E-state index is -4.84. The van der Waals surface area contributed by atoms with E-state index in [2.05, 4.69) is 15.4 Å². The van der Waals surface area contributed by atoms with Gasteiger partial charge in [0.2, 0.25) is 0 Å². The highest BCUT2D eigenvalue weighted by molar-refractivity contribution is 6.08. The minimum absolute atomic E-state index is 0.00710. The van der Waals surface area contributed by atoms with Crippen molar-refractivity contribution in [3.05, 3.63) is 65.4 Å². The second kappa shape index (κ2) is 12.6. The predicted molar refractivity (Wildman–Crippen MR) is 124 cm³/mol. The summed E-state index contributed by atoms with van der Waals surface area (Å²) in [6.45, 7) is 1.92. The lowest BCUT2D eigenvalue weighted by Gasteiger charge is -2.17. The molecule has 0 spiro atoms. The highest BCUT2D eigenvalue weighted by Crippen LogP contribution is 2.39. The molecule has 0 fully saturated rings. The largest absolute Gasteiger partial charge is 0.488 e. The summed E-state index contributed by atoms with van der Waals surface area (Å²) in [5.41, 5.74) is -1.50. The molecule has 0 bridgehead atoms. The molecule has 9 nitrogen and oxygen atoms in total. The van der Waals surface area contributed by atoms with Crippen LogP contribution in [0.1, 0.15) is 33.2 Å². The number of amidine groups is 1. The number of amides is 1. The molecule has 1 amide bonds. The standard InChI is InChI=1S/C24H26F3N3O6/c1-14(13-33-3)35-17-9-16(22(31)30-21(28)7-8-29-2)10-18(12-17)36-20-6-5-15(23(32)34-4)11-19(20)24(25,26)27/h5-12,14,29H,13H2,1-4H3,(H2,28,30,31)/p+1/b8-7-/t14-/m0/s1. The van der Waals surface area contributed by atoms with Gasteiger partial charge in [-0.3, -0.25) is 5.41 Å². The Morgan fingerprint density at radius 2 is 1.78 bits per heavy atom. The van der Waals surface area contributed by atoms with Gasteiger partial charge in [-0.25, -0.2) is 14.9 Å². The summed E-state index contributed by atoms with van der Waals surface area (Å²) in [6, 6.07) is 6.69. The van der Waals surface area contributed by atoms with Crippen molar-refractivity contribution in [2.45, 2.75) is 19.2 Å². The summed E-state index contributed by atoms with van der Waals surface area (Å²) < 4.78 is 61.9. The normalized spacial score (nSPS) is 12.1. The average molecular weight is 510 g/mol. The molecular weight excluding hydrogens is 483 g/mol. The molecular formula is C24H27F3N3O6+. The molecule has 194 valence electrons. The molecule has 0 aromatic heterocycles. The second-order valence-corrected chi connectivity index (χ2v) is 7.41. The number of alkyl halides is 3.